The van der Waals surface area contributed by atoms with Gasteiger partial charge in [-0.3, -0.25) is 0 Å². The third-order valence-electron chi connectivity index (χ3n) is 2.13. The van der Waals surface area contributed by atoms with E-state index in [-0.39, 0.29) is 22.3 Å². The van der Waals surface area contributed by atoms with Crippen molar-refractivity contribution < 1.29 is 26.0 Å². The van der Waals surface area contributed by atoms with Crippen LogP contribution in [0.25, 0.3) is 0 Å². The van der Waals surface area contributed by atoms with Crippen molar-refractivity contribution in [2.75, 3.05) is 6.54 Å². The quantitative estimate of drug-likeness (QED) is 0.644. The van der Waals surface area contributed by atoms with Gasteiger partial charge in [-0.2, -0.15) is 13.2 Å². The van der Waals surface area contributed by atoms with Gasteiger partial charge in [-0.1, -0.05) is 0 Å². The first-order valence-corrected chi connectivity index (χ1v) is 7.41. The first-order chi connectivity index (χ1) is 8.62. The summed E-state index contributed by atoms with van der Waals surface area (Å²) < 4.78 is 74.1. The predicted molar refractivity (Wildman–Crippen MR) is 64.6 cm³/mol. The van der Waals surface area contributed by atoms with Crippen LogP contribution in [-0.4, -0.2) is 21.1 Å². The molecular formula is C10H10BrF4NO2S. The second-order valence-electron chi connectivity index (χ2n) is 3.69. The summed E-state index contributed by atoms with van der Waals surface area (Å²) in [6, 6.07) is 3.15. The zero-order chi connectivity index (χ0) is 14.7. The van der Waals surface area contributed by atoms with Crippen LogP contribution in [0.1, 0.15) is 12.8 Å². The Hall–Kier alpha value is -0.670. The molecule has 0 amide bonds. The molecule has 0 spiro atoms. The highest BCUT2D eigenvalue weighted by molar-refractivity contribution is 9.10. The molecule has 0 aromatic heterocycles. The maximum atomic E-state index is 13.2. The molecule has 1 aromatic rings. The summed E-state index contributed by atoms with van der Waals surface area (Å²) in [5.74, 6) is -0.766. The van der Waals surface area contributed by atoms with Gasteiger partial charge in [-0.15, -0.1) is 0 Å². The second kappa shape index (κ2) is 6.19. The normalized spacial score (nSPS) is 12.7. The van der Waals surface area contributed by atoms with Gasteiger partial charge in [0.15, 0.2) is 0 Å². The van der Waals surface area contributed by atoms with Crippen molar-refractivity contribution in [1.29, 1.82) is 0 Å². The number of nitrogens with one attached hydrogen (secondary N) is 1. The maximum Gasteiger partial charge on any atom is 0.389 e. The first-order valence-electron chi connectivity index (χ1n) is 5.13. The average Bonchev–Trinajstić information content (AvgIpc) is 2.27. The van der Waals surface area contributed by atoms with E-state index < -0.39 is 28.4 Å². The summed E-state index contributed by atoms with van der Waals surface area (Å²) in [7, 11) is -4.00. The van der Waals surface area contributed by atoms with Gasteiger partial charge in [0.2, 0.25) is 10.0 Å². The van der Waals surface area contributed by atoms with E-state index in [0.29, 0.717) is 0 Å². The Morgan fingerprint density at radius 3 is 2.42 bits per heavy atom. The Kier molecular flexibility index (Phi) is 5.34. The molecule has 0 heterocycles. The molecular weight excluding hydrogens is 354 g/mol. The Morgan fingerprint density at radius 2 is 1.89 bits per heavy atom. The highest BCUT2D eigenvalue weighted by Gasteiger charge is 2.26. The van der Waals surface area contributed by atoms with E-state index in [1.54, 1.807) is 0 Å². The van der Waals surface area contributed by atoms with E-state index in [0.717, 1.165) is 12.1 Å². The molecule has 0 fully saturated rings. The zero-order valence-electron chi connectivity index (χ0n) is 9.47. The van der Waals surface area contributed by atoms with E-state index in [1.165, 1.54) is 6.07 Å². The van der Waals surface area contributed by atoms with Crippen LogP contribution in [0, 0.1) is 5.82 Å². The van der Waals surface area contributed by atoms with Gasteiger partial charge in [-0.05, 0) is 40.5 Å². The molecule has 0 saturated carbocycles. The third kappa shape index (κ3) is 5.45. The summed E-state index contributed by atoms with van der Waals surface area (Å²) in [4.78, 5) is -0.333. The Balaban J connectivity index is 2.63. The highest BCUT2D eigenvalue weighted by Crippen LogP contribution is 2.21. The number of alkyl halides is 3. The zero-order valence-corrected chi connectivity index (χ0v) is 11.9. The fraction of sp³-hybridized carbons (Fsp3) is 0.400. The summed E-state index contributed by atoms with van der Waals surface area (Å²) in [6.07, 6.45) is -5.78. The third-order valence-corrected chi connectivity index (χ3v) is 4.23. The van der Waals surface area contributed by atoms with E-state index in [1.807, 2.05) is 4.72 Å². The Bertz CT molecular complexity index is 545. The lowest BCUT2D eigenvalue weighted by Gasteiger charge is -2.08. The monoisotopic (exact) mass is 363 g/mol. The molecule has 1 rings (SSSR count). The summed E-state index contributed by atoms with van der Waals surface area (Å²) in [5.41, 5.74) is 0. The molecule has 0 aliphatic carbocycles. The van der Waals surface area contributed by atoms with Gasteiger partial charge < -0.3 is 0 Å². The lowest BCUT2D eigenvalue weighted by atomic mass is 10.3. The van der Waals surface area contributed by atoms with Gasteiger partial charge in [-0.25, -0.2) is 17.5 Å². The lowest BCUT2D eigenvalue weighted by molar-refractivity contribution is -0.135. The lowest BCUT2D eigenvalue weighted by Crippen LogP contribution is -2.26. The number of hydrogen-bond acceptors (Lipinski definition) is 2. The smallest absolute Gasteiger partial charge is 0.211 e. The van der Waals surface area contributed by atoms with Crippen LogP contribution in [-0.2, 0) is 10.0 Å². The van der Waals surface area contributed by atoms with Crippen LogP contribution in [0.2, 0.25) is 0 Å². The fourth-order valence-electron chi connectivity index (χ4n) is 1.22. The van der Waals surface area contributed by atoms with Gasteiger partial charge >= 0.3 is 6.18 Å². The summed E-state index contributed by atoms with van der Waals surface area (Å²) in [5, 5.41) is 0. The fourth-order valence-corrected chi connectivity index (χ4v) is 2.55. The first kappa shape index (κ1) is 16.4. The molecule has 9 heteroatoms. The standard InChI is InChI=1S/C10H10BrF4NO2S/c11-8-3-2-7(6-9(8)12)19(17,18)16-5-1-4-10(13,14)15/h2-3,6,16H,1,4-5H2. The molecule has 1 N–H and O–H groups in total. The van der Waals surface area contributed by atoms with Crippen molar-refractivity contribution in [3.8, 4) is 0 Å². The molecule has 108 valence electrons. The molecule has 0 bridgehead atoms. The van der Waals surface area contributed by atoms with Crippen molar-refractivity contribution in [2.24, 2.45) is 0 Å². The molecule has 0 radical (unpaired) electrons. The van der Waals surface area contributed by atoms with Crippen LogP contribution in [0.5, 0.6) is 0 Å². The van der Waals surface area contributed by atoms with Crippen LogP contribution >= 0.6 is 15.9 Å². The number of hydrogen-bond donors (Lipinski definition) is 1. The number of halogens is 5. The SMILES string of the molecule is O=S(=O)(NCCCC(F)(F)F)c1ccc(Br)c(F)c1. The Labute approximate surface area is 116 Å². The van der Waals surface area contributed by atoms with Crippen LogP contribution in [0.4, 0.5) is 17.6 Å². The van der Waals surface area contributed by atoms with Crippen LogP contribution < -0.4 is 4.72 Å². The molecule has 0 aliphatic rings. The Morgan fingerprint density at radius 1 is 1.26 bits per heavy atom. The predicted octanol–water partition coefficient (Wildman–Crippen LogP) is 3.21. The van der Waals surface area contributed by atoms with Gasteiger partial charge in [0.1, 0.15) is 5.82 Å². The molecule has 19 heavy (non-hydrogen) atoms. The van der Waals surface area contributed by atoms with Gasteiger partial charge in [0, 0.05) is 13.0 Å². The van der Waals surface area contributed by atoms with Crippen molar-refractivity contribution in [2.45, 2.75) is 23.9 Å². The molecule has 0 atom stereocenters. The largest absolute Gasteiger partial charge is 0.389 e. The minimum absolute atomic E-state index is 0.100. The van der Waals surface area contributed by atoms with E-state index in [2.05, 4.69) is 15.9 Å². The van der Waals surface area contributed by atoms with Crippen molar-refractivity contribution in [3.05, 3.63) is 28.5 Å². The molecule has 0 unspecified atom stereocenters. The summed E-state index contributed by atoms with van der Waals surface area (Å²) >= 11 is 2.87. The summed E-state index contributed by atoms with van der Waals surface area (Å²) in [6.45, 7) is -0.362. The number of rotatable bonds is 5. The van der Waals surface area contributed by atoms with Crippen LogP contribution in [0.15, 0.2) is 27.6 Å². The van der Waals surface area contributed by atoms with Gasteiger partial charge in [0.05, 0.1) is 9.37 Å². The molecule has 0 saturated heterocycles. The molecule has 0 aliphatic heterocycles. The topological polar surface area (TPSA) is 46.2 Å². The number of benzene rings is 1. The van der Waals surface area contributed by atoms with E-state index >= 15 is 0 Å². The van der Waals surface area contributed by atoms with E-state index in [4.69, 9.17) is 0 Å². The molecule has 1 aromatic carbocycles. The minimum atomic E-state index is -4.32. The van der Waals surface area contributed by atoms with Crippen molar-refractivity contribution in [1.82, 2.24) is 4.72 Å². The number of sulfonamides is 1. The van der Waals surface area contributed by atoms with E-state index in [9.17, 15) is 26.0 Å². The van der Waals surface area contributed by atoms with Crippen LogP contribution in [0.3, 0.4) is 0 Å². The highest BCUT2D eigenvalue weighted by atomic mass is 79.9. The van der Waals surface area contributed by atoms with Crippen molar-refractivity contribution in [3.63, 3.8) is 0 Å². The van der Waals surface area contributed by atoms with Crippen molar-refractivity contribution >= 4 is 26.0 Å². The molecule has 3 nitrogen and oxygen atoms in total. The maximum absolute atomic E-state index is 13.2. The minimum Gasteiger partial charge on any atom is -0.211 e. The van der Waals surface area contributed by atoms with Gasteiger partial charge in [0.25, 0.3) is 0 Å². The average molecular weight is 364 g/mol. The second-order valence-corrected chi connectivity index (χ2v) is 6.31.